The van der Waals surface area contributed by atoms with Gasteiger partial charge in [0.1, 0.15) is 6.23 Å². The van der Waals surface area contributed by atoms with Gasteiger partial charge in [0.05, 0.1) is 11.8 Å². The van der Waals surface area contributed by atoms with Gasteiger partial charge in [-0.2, -0.15) is 5.10 Å². The van der Waals surface area contributed by atoms with E-state index in [1.807, 2.05) is 13.8 Å². The Morgan fingerprint density at radius 3 is 3.08 bits per heavy atom. The fraction of sp³-hybridized carbons (Fsp3) is 0.444. The van der Waals surface area contributed by atoms with E-state index in [1.165, 1.54) is 0 Å². The zero-order valence-electron chi connectivity index (χ0n) is 7.32. The van der Waals surface area contributed by atoms with Crippen LogP contribution in [0, 0.1) is 12.3 Å². The summed E-state index contributed by atoms with van der Waals surface area (Å²) in [6.45, 7) is 4.55. The molecule has 0 aliphatic heterocycles. The number of terminal acetylenes is 1. The molecule has 0 N–H and O–H groups in total. The van der Waals surface area contributed by atoms with Crippen LogP contribution in [0.1, 0.15) is 25.6 Å². The fourth-order valence-corrected chi connectivity index (χ4v) is 0.929. The lowest BCUT2D eigenvalue weighted by atomic mass is 10.4. The first-order valence-electron chi connectivity index (χ1n) is 3.90. The second-order valence-electron chi connectivity index (χ2n) is 2.41. The van der Waals surface area contributed by atoms with Crippen molar-refractivity contribution in [3.05, 3.63) is 18.0 Å². The van der Waals surface area contributed by atoms with E-state index >= 15 is 0 Å². The molecular formula is C9H12N2O. The second-order valence-corrected chi connectivity index (χ2v) is 2.41. The highest BCUT2D eigenvalue weighted by atomic mass is 16.5. The molecule has 0 aromatic carbocycles. The minimum Gasteiger partial charge on any atom is -0.357 e. The number of hydrogen-bond donors (Lipinski definition) is 0. The van der Waals surface area contributed by atoms with Crippen LogP contribution < -0.4 is 0 Å². The third-order valence-electron chi connectivity index (χ3n) is 1.55. The lowest BCUT2D eigenvalue weighted by Crippen LogP contribution is -2.09. The average Bonchev–Trinajstić information content (AvgIpc) is 2.52. The predicted molar refractivity (Wildman–Crippen MR) is 46.5 cm³/mol. The summed E-state index contributed by atoms with van der Waals surface area (Å²) in [7, 11) is 0. The molecule has 0 bridgehead atoms. The van der Waals surface area contributed by atoms with Crippen molar-refractivity contribution in [1.82, 2.24) is 9.78 Å². The minimum absolute atomic E-state index is 0.0444. The van der Waals surface area contributed by atoms with Crippen LogP contribution in [0.2, 0.25) is 0 Å². The third-order valence-corrected chi connectivity index (χ3v) is 1.55. The molecule has 0 aliphatic rings. The number of nitrogens with zero attached hydrogens (tertiary/aromatic N) is 2. The van der Waals surface area contributed by atoms with Crippen LogP contribution in [-0.2, 0) is 4.74 Å². The van der Waals surface area contributed by atoms with Crippen molar-refractivity contribution < 1.29 is 4.74 Å². The monoisotopic (exact) mass is 164 g/mol. The molecule has 12 heavy (non-hydrogen) atoms. The van der Waals surface area contributed by atoms with E-state index in [-0.39, 0.29) is 6.23 Å². The number of ether oxygens (including phenoxy) is 1. The largest absolute Gasteiger partial charge is 0.357 e. The number of aromatic nitrogens is 2. The Labute approximate surface area is 72.3 Å². The molecule has 1 aromatic rings. The van der Waals surface area contributed by atoms with Gasteiger partial charge in [-0.05, 0) is 13.8 Å². The van der Waals surface area contributed by atoms with Crippen molar-refractivity contribution in [1.29, 1.82) is 0 Å². The Balaban J connectivity index is 2.69. The molecule has 1 rings (SSSR count). The first kappa shape index (κ1) is 8.82. The molecular weight excluding hydrogens is 152 g/mol. The van der Waals surface area contributed by atoms with Gasteiger partial charge in [0.2, 0.25) is 0 Å². The van der Waals surface area contributed by atoms with Crippen molar-refractivity contribution in [2.75, 3.05) is 6.61 Å². The molecule has 0 unspecified atom stereocenters. The Bertz CT molecular complexity index is 285. The summed E-state index contributed by atoms with van der Waals surface area (Å²) in [5.74, 6) is 2.51. The normalized spacial score (nSPS) is 12.4. The van der Waals surface area contributed by atoms with Crippen LogP contribution >= 0.6 is 0 Å². The first-order valence-corrected chi connectivity index (χ1v) is 3.90. The van der Waals surface area contributed by atoms with Crippen molar-refractivity contribution in [2.24, 2.45) is 0 Å². The van der Waals surface area contributed by atoms with Crippen molar-refractivity contribution in [3.8, 4) is 12.3 Å². The fourth-order valence-electron chi connectivity index (χ4n) is 0.929. The maximum absolute atomic E-state index is 5.32. The Hall–Kier alpha value is -1.27. The molecule has 3 heteroatoms. The molecule has 1 atom stereocenters. The van der Waals surface area contributed by atoms with Gasteiger partial charge >= 0.3 is 0 Å². The second kappa shape index (κ2) is 3.93. The van der Waals surface area contributed by atoms with E-state index in [4.69, 9.17) is 11.2 Å². The number of rotatable bonds is 3. The SMILES string of the molecule is C#Cc1cnn([C@H](C)OCC)c1. The van der Waals surface area contributed by atoms with Crippen LogP contribution in [0.3, 0.4) is 0 Å². The van der Waals surface area contributed by atoms with Crippen LogP contribution in [-0.4, -0.2) is 16.4 Å². The topological polar surface area (TPSA) is 27.1 Å². The van der Waals surface area contributed by atoms with Gasteiger partial charge < -0.3 is 4.74 Å². The van der Waals surface area contributed by atoms with Gasteiger partial charge in [0.25, 0.3) is 0 Å². The molecule has 0 saturated heterocycles. The Kier molecular flexibility index (Phi) is 2.89. The van der Waals surface area contributed by atoms with Gasteiger partial charge in [-0.3, -0.25) is 0 Å². The lowest BCUT2D eigenvalue weighted by molar-refractivity contribution is 0.0159. The van der Waals surface area contributed by atoms with Gasteiger partial charge in [0, 0.05) is 12.8 Å². The zero-order chi connectivity index (χ0) is 8.97. The third kappa shape index (κ3) is 1.86. The van der Waals surface area contributed by atoms with Crippen molar-refractivity contribution in [2.45, 2.75) is 20.1 Å². The molecule has 1 heterocycles. The lowest BCUT2D eigenvalue weighted by Gasteiger charge is -2.10. The van der Waals surface area contributed by atoms with Gasteiger partial charge in [-0.1, -0.05) is 5.92 Å². The maximum atomic E-state index is 5.32. The summed E-state index contributed by atoms with van der Waals surface area (Å²) in [5, 5.41) is 4.05. The van der Waals surface area contributed by atoms with Crippen molar-refractivity contribution in [3.63, 3.8) is 0 Å². The molecule has 3 nitrogen and oxygen atoms in total. The van der Waals surface area contributed by atoms with E-state index in [1.54, 1.807) is 17.1 Å². The molecule has 0 radical (unpaired) electrons. The highest BCUT2D eigenvalue weighted by Gasteiger charge is 2.03. The molecule has 0 aliphatic carbocycles. The molecule has 0 spiro atoms. The number of hydrogen-bond acceptors (Lipinski definition) is 2. The van der Waals surface area contributed by atoms with Gasteiger partial charge in [-0.25, -0.2) is 4.68 Å². The maximum Gasteiger partial charge on any atom is 0.147 e. The van der Waals surface area contributed by atoms with E-state index in [2.05, 4.69) is 11.0 Å². The first-order chi connectivity index (χ1) is 5.77. The van der Waals surface area contributed by atoms with E-state index in [0.717, 1.165) is 5.56 Å². The summed E-state index contributed by atoms with van der Waals surface area (Å²) in [6.07, 6.45) is 8.59. The van der Waals surface area contributed by atoms with Crippen molar-refractivity contribution >= 4 is 0 Å². The summed E-state index contributed by atoms with van der Waals surface area (Å²) >= 11 is 0. The van der Waals surface area contributed by atoms with E-state index < -0.39 is 0 Å². The predicted octanol–water partition coefficient (Wildman–Crippen LogP) is 1.42. The van der Waals surface area contributed by atoms with E-state index in [0.29, 0.717) is 6.61 Å². The highest BCUT2D eigenvalue weighted by Crippen LogP contribution is 2.06. The summed E-state index contributed by atoms with van der Waals surface area (Å²) in [5.41, 5.74) is 0.779. The molecule has 0 amide bonds. The zero-order valence-corrected chi connectivity index (χ0v) is 7.32. The minimum atomic E-state index is -0.0444. The summed E-state index contributed by atoms with van der Waals surface area (Å²) in [4.78, 5) is 0. The standard InChI is InChI=1S/C9H12N2O/c1-4-9-6-10-11(7-9)8(3)12-5-2/h1,6-8H,5H2,2-3H3/t8-/m0/s1. The van der Waals surface area contributed by atoms with Crippen LogP contribution in [0.5, 0.6) is 0 Å². The van der Waals surface area contributed by atoms with Crippen LogP contribution in [0.4, 0.5) is 0 Å². The Morgan fingerprint density at radius 1 is 1.83 bits per heavy atom. The van der Waals surface area contributed by atoms with Gasteiger partial charge in [0.15, 0.2) is 0 Å². The quantitative estimate of drug-likeness (QED) is 0.632. The Morgan fingerprint density at radius 2 is 2.58 bits per heavy atom. The summed E-state index contributed by atoms with van der Waals surface area (Å²) < 4.78 is 7.02. The van der Waals surface area contributed by atoms with E-state index in [9.17, 15) is 0 Å². The summed E-state index contributed by atoms with van der Waals surface area (Å²) in [6, 6.07) is 0. The molecule has 64 valence electrons. The average molecular weight is 164 g/mol. The van der Waals surface area contributed by atoms with Crippen LogP contribution in [0.15, 0.2) is 12.4 Å². The van der Waals surface area contributed by atoms with Gasteiger partial charge in [-0.15, -0.1) is 6.42 Å². The molecule has 0 fully saturated rings. The molecule has 1 aromatic heterocycles. The smallest absolute Gasteiger partial charge is 0.147 e. The van der Waals surface area contributed by atoms with Crippen LogP contribution in [0.25, 0.3) is 0 Å². The highest BCUT2D eigenvalue weighted by molar-refractivity contribution is 5.26. The molecule has 0 saturated carbocycles.